The van der Waals surface area contributed by atoms with Gasteiger partial charge in [-0.2, -0.15) is 5.26 Å². The van der Waals surface area contributed by atoms with Gasteiger partial charge in [0, 0.05) is 15.5 Å². The second-order valence-electron chi connectivity index (χ2n) is 5.24. The summed E-state index contributed by atoms with van der Waals surface area (Å²) in [4.78, 5) is 13.1. The zero-order chi connectivity index (χ0) is 17.4. The number of nitrogens with one attached hydrogen (secondary N) is 1. The summed E-state index contributed by atoms with van der Waals surface area (Å²) in [5, 5.41) is 14.3. The van der Waals surface area contributed by atoms with Crippen LogP contribution < -0.4 is 10.6 Å². The molecule has 0 aliphatic rings. The second-order valence-corrected chi connectivity index (χ2v) is 6.67. The van der Waals surface area contributed by atoms with Crippen molar-refractivity contribution in [3.8, 4) is 6.07 Å². The van der Waals surface area contributed by atoms with E-state index in [4.69, 9.17) is 16.9 Å². The quantitative estimate of drug-likeness (QED) is 0.745. The maximum Gasteiger partial charge on any atom is 0.279 e. The molecule has 0 spiro atoms. The van der Waals surface area contributed by atoms with Gasteiger partial charge < -0.3 is 10.6 Å². The Bertz CT molecular complexity index is 745. The van der Waals surface area contributed by atoms with Crippen LogP contribution >= 0.6 is 23.4 Å². The van der Waals surface area contributed by atoms with Gasteiger partial charge in [-0.3, -0.25) is 4.79 Å². The maximum absolute atomic E-state index is 12.2. The molecule has 0 fully saturated rings. The SMILES string of the molecule is C[C@H]([NH2+]CC(=O)Nc1ccccc1SCC#N)c1ccccc1Cl. The molecule has 1 amide bonds. The van der Waals surface area contributed by atoms with Crippen molar-refractivity contribution in [1.82, 2.24) is 0 Å². The van der Waals surface area contributed by atoms with Crippen LogP contribution in [0.2, 0.25) is 5.02 Å². The van der Waals surface area contributed by atoms with Crippen LogP contribution in [0.15, 0.2) is 53.4 Å². The van der Waals surface area contributed by atoms with E-state index in [9.17, 15) is 4.79 Å². The summed E-state index contributed by atoms with van der Waals surface area (Å²) in [6.07, 6.45) is 0. The van der Waals surface area contributed by atoms with E-state index in [-0.39, 0.29) is 11.9 Å². The highest BCUT2D eigenvalue weighted by molar-refractivity contribution is 7.99. The lowest BCUT2D eigenvalue weighted by molar-refractivity contribution is -0.682. The molecule has 0 heterocycles. The number of halogens is 1. The fourth-order valence-corrected chi connectivity index (χ4v) is 3.24. The fourth-order valence-electron chi connectivity index (χ4n) is 2.26. The second kappa shape index (κ2) is 9.33. The molecule has 0 unspecified atom stereocenters. The molecule has 3 N–H and O–H groups in total. The van der Waals surface area contributed by atoms with E-state index in [2.05, 4.69) is 11.4 Å². The number of hydrogen-bond acceptors (Lipinski definition) is 3. The summed E-state index contributed by atoms with van der Waals surface area (Å²) >= 11 is 7.59. The molecule has 0 aromatic heterocycles. The van der Waals surface area contributed by atoms with Crippen LogP contribution in [-0.4, -0.2) is 18.2 Å². The monoisotopic (exact) mass is 360 g/mol. The van der Waals surface area contributed by atoms with Crippen molar-refractivity contribution in [2.45, 2.75) is 17.9 Å². The maximum atomic E-state index is 12.2. The number of carbonyl (C=O) groups excluding carboxylic acids is 1. The Morgan fingerprint density at radius 3 is 2.75 bits per heavy atom. The third-order valence-electron chi connectivity index (χ3n) is 3.51. The standard InChI is InChI=1S/C18H18ClN3OS/c1-13(14-6-2-3-7-15(14)19)21-12-18(23)22-16-8-4-5-9-17(16)24-11-10-20/h2-9,13,21H,11-12H2,1H3,(H,22,23)/p+1/t13-/m0/s1. The Kier molecular flexibility index (Phi) is 7.13. The minimum absolute atomic E-state index is 0.0843. The van der Waals surface area contributed by atoms with Crippen LogP contribution in [-0.2, 0) is 4.79 Å². The lowest BCUT2D eigenvalue weighted by Crippen LogP contribution is -2.86. The van der Waals surface area contributed by atoms with Gasteiger partial charge in [-0.1, -0.05) is 41.9 Å². The van der Waals surface area contributed by atoms with E-state index in [1.165, 1.54) is 11.8 Å². The van der Waals surface area contributed by atoms with E-state index in [1.54, 1.807) is 0 Å². The van der Waals surface area contributed by atoms with Gasteiger partial charge in [0.05, 0.1) is 17.5 Å². The van der Waals surface area contributed by atoms with Crippen molar-refractivity contribution in [1.29, 1.82) is 5.26 Å². The minimum Gasteiger partial charge on any atom is -0.332 e. The third-order valence-corrected chi connectivity index (χ3v) is 4.79. The number of hydrogen-bond donors (Lipinski definition) is 2. The summed E-state index contributed by atoms with van der Waals surface area (Å²) in [6.45, 7) is 2.31. The van der Waals surface area contributed by atoms with E-state index < -0.39 is 0 Å². The van der Waals surface area contributed by atoms with E-state index in [0.29, 0.717) is 17.3 Å². The van der Waals surface area contributed by atoms with Crippen LogP contribution in [0.4, 0.5) is 5.69 Å². The molecular weight excluding hydrogens is 342 g/mol. The van der Waals surface area contributed by atoms with Gasteiger partial charge >= 0.3 is 0 Å². The molecule has 1 atom stereocenters. The first-order chi connectivity index (χ1) is 11.6. The zero-order valence-electron chi connectivity index (χ0n) is 13.3. The van der Waals surface area contributed by atoms with Gasteiger partial charge in [0.2, 0.25) is 0 Å². The first kappa shape index (κ1) is 18.3. The molecule has 124 valence electrons. The van der Waals surface area contributed by atoms with Crippen LogP contribution in [0.5, 0.6) is 0 Å². The molecule has 24 heavy (non-hydrogen) atoms. The van der Waals surface area contributed by atoms with Crippen molar-refractivity contribution >= 4 is 35.0 Å². The van der Waals surface area contributed by atoms with Gasteiger partial charge in [-0.15, -0.1) is 11.8 Å². The smallest absolute Gasteiger partial charge is 0.279 e. The molecule has 0 aliphatic carbocycles. The molecule has 0 bridgehead atoms. The Morgan fingerprint density at radius 2 is 2.00 bits per heavy atom. The van der Waals surface area contributed by atoms with Gasteiger partial charge in [0.1, 0.15) is 6.04 Å². The fraction of sp³-hybridized carbons (Fsp3) is 0.222. The summed E-state index contributed by atoms with van der Waals surface area (Å²) in [7, 11) is 0. The third kappa shape index (κ3) is 5.27. The first-order valence-electron chi connectivity index (χ1n) is 7.58. The number of nitrogens with zero attached hydrogens (tertiary/aromatic N) is 1. The van der Waals surface area contributed by atoms with Gasteiger partial charge in [0.15, 0.2) is 6.54 Å². The molecule has 0 radical (unpaired) electrons. The predicted molar refractivity (Wildman–Crippen MR) is 98.1 cm³/mol. The van der Waals surface area contributed by atoms with Gasteiger partial charge in [0.25, 0.3) is 5.91 Å². The summed E-state index contributed by atoms with van der Waals surface area (Å²) in [5.74, 6) is 0.265. The summed E-state index contributed by atoms with van der Waals surface area (Å²) in [6, 6.07) is 17.3. The molecule has 0 saturated heterocycles. The molecule has 4 nitrogen and oxygen atoms in total. The van der Waals surface area contributed by atoms with Crippen molar-refractivity contribution in [3.05, 3.63) is 59.1 Å². The minimum atomic E-state index is -0.0843. The number of thioether (sulfide) groups is 1. The summed E-state index contributed by atoms with van der Waals surface area (Å²) < 4.78 is 0. The van der Waals surface area contributed by atoms with Crippen LogP contribution in [0.3, 0.4) is 0 Å². The highest BCUT2D eigenvalue weighted by Gasteiger charge is 2.15. The molecule has 2 aromatic carbocycles. The Morgan fingerprint density at radius 1 is 1.29 bits per heavy atom. The van der Waals surface area contributed by atoms with Crippen LogP contribution in [0.25, 0.3) is 0 Å². The zero-order valence-corrected chi connectivity index (χ0v) is 14.9. The Labute approximate surface area is 151 Å². The van der Waals surface area contributed by atoms with Crippen molar-refractivity contribution in [2.75, 3.05) is 17.6 Å². The Hall–Kier alpha value is -2.00. The van der Waals surface area contributed by atoms with Crippen LogP contribution in [0, 0.1) is 11.3 Å². The lowest BCUT2D eigenvalue weighted by Gasteiger charge is -2.13. The number of quaternary nitrogens is 1. The molecule has 6 heteroatoms. The highest BCUT2D eigenvalue weighted by atomic mass is 35.5. The largest absolute Gasteiger partial charge is 0.332 e. The van der Waals surface area contributed by atoms with Crippen molar-refractivity contribution in [3.63, 3.8) is 0 Å². The molecule has 0 saturated carbocycles. The number of para-hydroxylation sites is 1. The number of anilines is 1. The number of rotatable bonds is 7. The number of nitriles is 1. The molecule has 2 aromatic rings. The molecule has 2 rings (SSSR count). The summed E-state index contributed by atoms with van der Waals surface area (Å²) in [5.41, 5.74) is 1.75. The highest BCUT2D eigenvalue weighted by Crippen LogP contribution is 2.26. The normalized spacial score (nSPS) is 11.5. The van der Waals surface area contributed by atoms with Gasteiger partial charge in [-0.05, 0) is 25.1 Å². The van der Waals surface area contributed by atoms with Crippen LogP contribution in [0.1, 0.15) is 18.5 Å². The van der Waals surface area contributed by atoms with E-state index in [0.717, 1.165) is 16.1 Å². The van der Waals surface area contributed by atoms with Crippen molar-refractivity contribution < 1.29 is 10.1 Å². The van der Waals surface area contributed by atoms with E-state index >= 15 is 0 Å². The Balaban J connectivity index is 1.92. The average molecular weight is 361 g/mol. The topological polar surface area (TPSA) is 69.5 Å². The lowest BCUT2D eigenvalue weighted by atomic mass is 10.1. The number of benzene rings is 2. The molecule has 0 aliphatic heterocycles. The number of carbonyl (C=O) groups is 1. The molecular formula is C18H19ClN3OS+. The number of amides is 1. The van der Waals surface area contributed by atoms with Gasteiger partial charge in [-0.25, -0.2) is 0 Å². The first-order valence-corrected chi connectivity index (χ1v) is 8.94. The number of nitrogens with two attached hydrogens (primary N) is 1. The van der Waals surface area contributed by atoms with E-state index in [1.807, 2.05) is 60.8 Å². The predicted octanol–water partition coefficient (Wildman–Crippen LogP) is 3.22. The van der Waals surface area contributed by atoms with Crippen molar-refractivity contribution in [2.24, 2.45) is 0 Å². The average Bonchev–Trinajstić information content (AvgIpc) is 2.59.